The van der Waals surface area contributed by atoms with Crippen LogP contribution in [0.15, 0.2) is 53.4 Å². The van der Waals surface area contributed by atoms with Crippen LogP contribution < -0.4 is 0 Å². The van der Waals surface area contributed by atoms with Crippen LogP contribution in [-0.2, 0) is 27.5 Å². The van der Waals surface area contributed by atoms with Crippen LogP contribution in [-0.4, -0.2) is 25.0 Å². The summed E-state index contributed by atoms with van der Waals surface area (Å²) in [6, 6.07) is 10.1. The average molecular weight is 440 g/mol. The van der Waals surface area contributed by atoms with Crippen molar-refractivity contribution in [3.63, 3.8) is 0 Å². The predicted octanol–water partition coefficient (Wildman–Crippen LogP) is 4.80. The van der Waals surface area contributed by atoms with Crippen molar-refractivity contribution in [2.45, 2.75) is 30.2 Å². The lowest BCUT2D eigenvalue weighted by molar-refractivity contribution is -0.136. The maximum absolute atomic E-state index is 13.9. The maximum atomic E-state index is 13.9. The van der Waals surface area contributed by atoms with E-state index in [4.69, 9.17) is 5.11 Å². The van der Waals surface area contributed by atoms with Crippen LogP contribution in [0.5, 0.6) is 0 Å². The molecule has 0 aliphatic carbocycles. The van der Waals surface area contributed by atoms with Gasteiger partial charge in [0.1, 0.15) is 5.82 Å². The van der Waals surface area contributed by atoms with Crippen molar-refractivity contribution in [1.29, 1.82) is 0 Å². The summed E-state index contributed by atoms with van der Waals surface area (Å²) in [5.74, 6) is -1.59. The Hall–Kier alpha value is -2.94. The molecule has 0 atom stereocenters. The molecule has 3 aromatic carbocycles. The number of alkyl halides is 3. The molecule has 4 nitrogen and oxygen atoms in total. The van der Waals surface area contributed by atoms with Gasteiger partial charge in [0, 0.05) is 0 Å². The molecule has 0 radical (unpaired) electrons. The first-order valence-corrected chi connectivity index (χ1v) is 10.2. The van der Waals surface area contributed by atoms with Crippen molar-refractivity contribution in [2.24, 2.45) is 0 Å². The number of carbonyl (C=O) groups is 1. The first-order valence-electron chi connectivity index (χ1n) is 8.73. The number of sulfone groups is 1. The van der Waals surface area contributed by atoms with Crippen LogP contribution in [0.1, 0.15) is 22.3 Å². The molecule has 9 heteroatoms. The Morgan fingerprint density at radius 2 is 1.77 bits per heavy atom. The van der Waals surface area contributed by atoms with E-state index in [0.29, 0.717) is 27.5 Å². The van der Waals surface area contributed by atoms with Crippen molar-refractivity contribution >= 4 is 26.6 Å². The van der Waals surface area contributed by atoms with Crippen LogP contribution in [0.25, 0.3) is 10.8 Å². The van der Waals surface area contributed by atoms with E-state index in [-0.39, 0.29) is 18.4 Å². The minimum absolute atomic E-state index is 0.000459. The first kappa shape index (κ1) is 21.8. The number of hydrogen-bond donors (Lipinski definition) is 1. The number of fused-ring (bicyclic) bond motifs is 1. The molecule has 0 aliphatic heterocycles. The van der Waals surface area contributed by atoms with E-state index >= 15 is 0 Å². The number of rotatable bonds is 5. The van der Waals surface area contributed by atoms with E-state index in [1.807, 2.05) is 0 Å². The molecule has 0 heterocycles. The van der Waals surface area contributed by atoms with Gasteiger partial charge in [0.25, 0.3) is 9.84 Å². The molecule has 0 saturated heterocycles. The molecule has 0 saturated carbocycles. The van der Waals surface area contributed by atoms with Crippen molar-refractivity contribution in [2.75, 3.05) is 0 Å². The molecule has 0 bridgehead atoms. The third kappa shape index (κ3) is 4.16. The van der Waals surface area contributed by atoms with E-state index in [0.717, 1.165) is 12.1 Å². The lowest BCUT2D eigenvalue weighted by Gasteiger charge is -2.16. The van der Waals surface area contributed by atoms with Crippen molar-refractivity contribution in [1.82, 2.24) is 0 Å². The third-order valence-electron chi connectivity index (χ3n) is 4.84. The number of halogens is 4. The summed E-state index contributed by atoms with van der Waals surface area (Å²) in [6.07, 6.45) is -0.283. The minimum atomic E-state index is -5.51. The van der Waals surface area contributed by atoms with Crippen LogP contribution in [0.3, 0.4) is 0 Å². The average Bonchev–Trinajstić information content (AvgIpc) is 2.64. The molecule has 0 amide bonds. The normalized spacial score (nSPS) is 12.3. The summed E-state index contributed by atoms with van der Waals surface area (Å²) in [7, 11) is -5.51. The van der Waals surface area contributed by atoms with E-state index in [1.54, 1.807) is 13.0 Å². The van der Waals surface area contributed by atoms with Crippen molar-refractivity contribution < 1.29 is 35.9 Å². The third-order valence-corrected chi connectivity index (χ3v) is 6.32. The molecular weight excluding hydrogens is 424 g/mol. The Morgan fingerprint density at radius 1 is 1.07 bits per heavy atom. The van der Waals surface area contributed by atoms with E-state index in [2.05, 4.69) is 0 Å². The van der Waals surface area contributed by atoms with Crippen LogP contribution >= 0.6 is 0 Å². The largest absolute Gasteiger partial charge is 0.501 e. The SMILES string of the molecule is Cc1c(CC(=O)O)cc2ccc(F)cc2c1Cc1cccc(S(=O)(=O)C(F)(F)F)c1. The van der Waals surface area contributed by atoms with Crippen LogP contribution in [0.2, 0.25) is 0 Å². The standard InChI is InChI=1S/C21H16F4O4S/c1-12-15(10-20(26)27)9-14-5-6-16(22)11-19(14)18(12)8-13-3-2-4-17(7-13)30(28,29)21(23,24)25/h2-7,9,11H,8,10H2,1H3,(H,26,27). The molecule has 158 valence electrons. The zero-order valence-electron chi connectivity index (χ0n) is 15.6. The second-order valence-electron chi connectivity index (χ2n) is 6.85. The summed E-state index contributed by atoms with van der Waals surface area (Å²) in [6.45, 7) is 1.65. The summed E-state index contributed by atoms with van der Waals surface area (Å²) in [5.41, 5.74) is -3.61. The molecule has 3 rings (SSSR count). The highest BCUT2D eigenvalue weighted by Crippen LogP contribution is 2.32. The highest BCUT2D eigenvalue weighted by molar-refractivity contribution is 7.92. The monoisotopic (exact) mass is 440 g/mol. The maximum Gasteiger partial charge on any atom is 0.501 e. The molecule has 3 aromatic rings. The number of hydrogen-bond acceptors (Lipinski definition) is 3. The van der Waals surface area contributed by atoms with Crippen LogP contribution in [0, 0.1) is 12.7 Å². The Bertz CT molecular complexity index is 1250. The number of carboxylic acid groups (broad SMARTS) is 1. The minimum Gasteiger partial charge on any atom is -0.481 e. The second-order valence-corrected chi connectivity index (χ2v) is 8.79. The predicted molar refractivity (Wildman–Crippen MR) is 102 cm³/mol. The van der Waals surface area contributed by atoms with Gasteiger partial charge in [0.05, 0.1) is 11.3 Å². The van der Waals surface area contributed by atoms with Gasteiger partial charge in [-0.3, -0.25) is 4.79 Å². The lowest BCUT2D eigenvalue weighted by atomic mass is 9.90. The summed E-state index contributed by atoms with van der Waals surface area (Å²) >= 11 is 0. The molecule has 0 unspecified atom stereocenters. The summed E-state index contributed by atoms with van der Waals surface area (Å²) in [5, 5.41) is 10.2. The Labute approximate surface area is 169 Å². The Kier molecular flexibility index (Phi) is 5.60. The zero-order chi connectivity index (χ0) is 22.3. The molecule has 0 fully saturated rings. The first-order chi connectivity index (χ1) is 13.9. The molecule has 0 aliphatic rings. The van der Waals surface area contributed by atoms with Gasteiger partial charge in [-0.05, 0) is 70.6 Å². The fourth-order valence-electron chi connectivity index (χ4n) is 3.34. The van der Waals surface area contributed by atoms with Gasteiger partial charge in [-0.2, -0.15) is 13.2 Å². The smallest absolute Gasteiger partial charge is 0.481 e. The van der Waals surface area contributed by atoms with Crippen molar-refractivity contribution in [3.05, 3.63) is 76.6 Å². The summed E-state index contributed by atoms with van der Waals surface area (Å²) in [4.78, 5) is 10.3. The van der Waals surface area contributed by atoms with Gasteiger partial charge >= 0.3 is 11.5 Å². The van der Waals surface area contributed by atoms with Gasteiger partial charge in [0.15, 0.2) is 0 Å². The lowest BCUT2D eigenvalue weighted by Crippen LogP contribution is -2.23. The molecular formula is C21H16F4O4S. The number of carboxylic acids is 1. The Balaban J connectivity index is 2.16. The van der Waals surface area contributed by atoms with E-state index in [1.165, 1.54) is 30.3 Å². The molecule has 1 N–H and O–H groups in total. The van der Waals surface area contributed by atoms with E-state index < -0.39 is 32.0 Å². The van der Waals surface area contributed by atoms with Crippen molar-refractivity contribution in [3.8, 4) is 0 Å². The highest BCUT2D eigenvalue weighted by Gasteiger charge is 2.46. The van der Waals surface area contributed by atoms with Crippen LogP contribution in [0.4, 0.5) is 17.6 Å². The topological polar surface area (TPSA) is 71.4 Å². The second kappa shape index (κ2) is 7.71. The fraction of sp³-hybridized carbons (Fsp3) is 0.190. The van der Waals surface area contributed by atoms with E-state index in [9.17, 15) is 30.8 Å². The molecule has 0 aromatic heterocycles. The van der Waals surface area contributed by atoms with Gasteiger partial charge in [-0.25, -0.2) is 12.8 Å². The van der Waals surface area contributed by atoms with Gasteiger partial charge < -0.3 is 5.11 Å². The molecule has 30 heavy (non-hydrogen) atoms. The fourth-order valence-corrected chi connectivity index (χ4v) is 4.17. The van der Waals surface area contributed by atoms with Gasteiger partial charge in [-0.15, -0.1) is 0 Å². The van der Waals surface area contributed by atoms with Gasteiger partial charge in [0.2, 0.25) is 0 Å². The molecule has 0 spiro atoms. The number of benzene rings is 3. The number of aliphatic carboxylic acids is 1. The highest BCUT2D eigenvalue weighted by atomic mass is 32.2. The quantitative estimate of drug-likeness (QED) is 0.579. The Morgan fingerprint density at radius 3 is 2.40 bits per heavy atom. The zero-order valence-corrected chi connectivity index (χ0v) is 16.4. The van der Waals surface area contributed by atoms with Gasteiger partial charge in [-0.1, -0.05) is 24.3 Å². The summed E-state index contributed by atoms with van der Waals surface area (Å²) < 4.78 is 75.9.